The number of hydrogen-bond acceptors (Lipinski definition) is 6. The smallest absolute Gasteiger partial charge is 0.255 e. The maximum atomic E-state index is 13.4. The van der Waals surface area contributed by atoms with Crippen molar-refractivity contribution in [2.75, 3.05) is 10.6 Å². The predicted molar refractivity (Wildman–Crippen MR) is 91.5 cm³/mol. The Kier molecular flexibility index (Phi) is 3.88. The molecule has 1 aromatic carbocycles. The topological polar surface area (TPSA) is 97.6 Å². The highest BCUT2D eigenvalue weighted by Crippen LogP contribution is 2.34. The number of rotatable bonds is 3. The molecule has 2 aromatic heterocycles. The van der Waals surface area contributed by atoms with Crippen LogP contribution in [-0.4, -0.2) is 31.1 Å². The molecule has 0 aliphatic carbocycles. The van der Waals surface area contributed by atoms with Crippen LogP contribution in [-0.2, 0) is 4.79 Å². The summed E-state index contributed by atoms with van der Waals surface area (Å²) >= 11 is 0. The number of halogens is 1. The van der Waals surface area contributed by atoms with E-state index in [4.69, 9.17) is 0 Å². The molecular formula is C17H14FN7O. The van der Waals surface area contributed by atoms with E-state index in [1.54, 1.807) is 43.6 Å². The number of fused-ring (bicyclic) bond motifs is 1. The van der Waals surface area contributed by atoms with Crippen LogP contribution in [0.1, 0.15) is 18.5 Å². The minimum absolute atomic E-state index is 0.321. The number of pyridine rings is 1. The van der Waals surface area contributed by atoms with Crippen LogP contribution >= 0.6 is 0 Å². The van der Waals surface area contributed by atoms with Crippen LogP contribution in [0, 0.1) is 5.82 Å². The van der Waals surface area contributed by atoms with E-state index in [1.165, 1.54) is 16.8 Å². The number of carbonyl (C=O) groups excluding carboxylic acids is 1. The van der Waals surface area contributed by atoms with Crippen LogP contribution in [0.5, 0.6) is 0 Å². The molecular weight excluding hydrogens is 337 g/mol. The summed E-state index contributed by atoms with van der Waals surface area (Å²) in [5, 5.41) is 17.4. The Morgan fingerprint density at radius 1 is 1.27 bits per heavy atom. The number of tetrazole rings is 1. The molecule has 0 saturated heterocycles. The minimum atomic E-state index is -0.585. The average Bonchev–Trinajstić information content (AvgIpc) is 3.10. The second-order valence-electron chi connectivity index (χ2n) is 5.76. The largest absolute Gasteiger partial charge is 0.326 e. The maximum absolute atomic E-state index is 13.4. The highest BCUT2D eigenvalue weighted by molar-refractivity contribution is 6.05. The monoisotopic (exact) mass is 351 g/mol. The Bertz CT molecular complexity index is 982. The SMILES string of the molecule is CC1=C(C(=O)Nc2cccnc2)C(c2ccc(F)cc2)n2nnnc2N1. The van der Waals surface area contributed by atoms with E-state index in [0.717, 1.165) is 0 Å². The fraction of sp³-hybridized carbons (Fsp3) is 0.118. The normalized spacial score (nSPS) is 16.0. The molecule has 4 rings (SSSR count). The van der Waals surface area contributed by atoms with Gasteiger partial charge >= 0.3 is 0 Å². The van der Waals surface area contributed by atoms with Gasteiger partial charge in [0.2, 0.25) is 5.95 Å². The van der Waals surface area contributed by atoms with E-state index in [1.807, 2.05) is 0 Å². The number of benzene rings is 1. The third-order valence-corrected chi connectivity index (χ3v) is 4.06. The molecule has 0 radical (unpaired) electrons. The number of allylic oxidation sites excluding steroid dienone is 1. The van der Waals surface area contributed by atoms with Crippen LogP contribution in [0.2, 0.25) is 0 Å². The van der Waals surface area contributed by atoms with Gasteiger partial charge in [-0.15, -0.1) is 0 Å². The lowest BCUT2D eigenvalue weighted by molar-refractivity contribution is -0.113. The number of aromatic nitrogens is 5. The molecule has 130 valence electrons. The van der Waals surface area contributed by atoms with Gasteiger partial charge < -0.3 is 10.6 Å². The predicted octanol–water partition coefficient (Wildman–Crippen LogP) is 2.13. The summed E-state index contributed by atoms with van der Waals surface area (Å²) in [7, 11) is 0. The van der Waals surface area contributed by atoms with Crippen LogP contribution in [0.25, 0.3) is 0 Å². The molecule has 8 nitrogen and oxygen atoms in total. The van der Waals surface area contributed by atoms with Gasteiger partial charge in [0.05, 0.1) is 17.5 Å². The minimum Gasteiger partial charge on any atom is -0.326 e. The third-order valence-electron chi connectivity index (χ3n) is 4.06. The summed E-state index contributed by atoms with van der Waals surface area (Å²) in [6, 6.07) is 8.79. The highest BCUT2D eigenvalue weighted by Gasteiger charge is 2.34. The van der Waals surface area contributed by atoms with Gasteiger partial charge in [0.1, 0.15) is 11.9 Å². The third kappa shape index (κ3) is 2.79. The van der Waals surface area contributed by atoms with E-state index in [0.29, 0.717) is 28.5 Å². The van der Waals surface area contributed by atoms with E-state index in [9.17, 15) is 9.18 Å². The molecule has 3 heterocycles. The number of hydrogen-bond donors (Lipinski definition) is 2. The Morgan fingerprint density at radius 2 is 2.08 bits per heavy atom. The van der Waals surface area contributed by atoms with E-state index < -0.39 is 6.04 Å². The van der Waals surface area contributed by atoms with Gasteiger partial charge in [-0.1, -0.05) is 17.2 Å². The van der Waals surface area contributed by atoms with Crippen molar-refractivity contribution in [2.24, 2.45) is 0 Å². The van der Waals surface area contributed by atoms with Crippen LogP contribution in [0.4, 0.5) is 16.0 Å². The summed E-state index contributed by atoms with van der Waals surface area (Å²) in [4.78, 5) is 17.0. The van der Waals surface area contributed by atoms with Gasteiger partial charge in [0.15, 0.2) is 0 Å². The lowest BCUT2D eigenvalue weighted by Crippen LogP contribution is -2.31. The molecule has 0 spiro atoms. The first-order chi connectivity index (χ1) is 12.6. The molecule has 0 saturated carbocycles. The van der Waals surface area contributed by atoms with E-state index in [2.05, 4.69) is 31.1 Å². The molecule has 1 atom stereocenters. The second-order valence-corrected chi connectivity index (χ2v) is 5.76. The highest BCUT2D eigenvalue weighted by atomic mass is 19.1. The number of amides is 1. The first-order valence-corrected chi connectivity index (χ1v) is 7.86. The first kappa shape index (κ1) is 15.9. The van der Waals surface area contributed by atoms with Crippen molar-refractivity contribution >= 4 is 17.5 Å². The molecule has 1 amide bonds. The Hall–Kier alpha value is -3.62. The van der Waals surface area contributed by atoms with Gasteiger partial charge in [-0.05, 0) is 47.2 Å². The molecule has 2 N–H and O–H groups in total. The molecule has 1 aliphatic rings. The molecule has 0 fully saturated rings. The molecule has 9 heteroatoms. The summed E-state index contributed by atoms with van der Waals surface area (Å²) < 4.78 is 14.9. The van der Waals surface area contributed by atoms with Gasteiger partial charge in [0, 0.05) is 11.9 Å². The standard InChI is InChI=1S/C17H14FN7O/c1-10-14(16(26)21-13-3-2-8-19-9-13)15(11-4-6-12(18)7-5-11)25-17(20-10)22-23-24-25/h2-9,15H,1H3,(H,21,26)(H,20,22,24). The number of nitrogens with zero attached hydrogens (tertiary/aromatic N) is 5. The second kappa shape index (κ2) is 6.36. The summed E-state index contributed by atoms with van der Waals surface area (Å²) in [5.74, 6) is -0.269. The first-order valence-electron chi connectivity index (χ1n) is 7.86. The quantitative estimate of drug-likeness (QED) is 0.750. The summed E-state index contributed by atoms with van der Waals surface area (Å²) in [6.07, 6.45) is 3.18. The van der Waals surface area contributed by atoms with Crippen LogP contribution in [0.3, 0.4) is 0 Å². The van der Waals surface area contributed by atoms with Crippen molar-refractivity contribution in [3.05, 3.63) is 71.4 Å². The van der Waals surface area contributed by atoms with Crippen LogP contribution < -0.4 is 10.6 Å². The lowest BCUT2D eigenvalue weighted by atomic mass is 9.95. The fourth-order valence-corrected chi connectivity index (χ4v) is 2.89. The van der Waals surface area contributed by atoms with Crippen molar-refractivity contribution in [3.8, 4) is 0 Å². The number of nitrogens with one attached hydrogen (secondary N) is 2. The van der Waals surface area contributed by atoms with Crippen molar-refractivity contribution in [3.63, 3.8) is 0 Å². The molecule has 0 bridgehead atoms. The van der Waals surface area contributed by atoms with Crippen LogP contribution in [0.15, 0.2) is 60.1 Å². The Balaban J connectivity index is 1.77. The summed E-state index contributed by atoms with van der Waals surface area (Å²) in [6.45, 7) is 1.77. The Morgan fingerprint density at radius 3 is 2.81 bits per heavy atom. The van der Waals surface area contributed by atoms with Gasteiger partial charge in [-0.3, -0.25) is 9.78 Å². The zero-order chi connectivity index (χ0) is 18.1. The fourth-order valence-electron chi connectivity index (χ4n) is 2.89. The van der Waals surface area contributed by atoms with Gasteiger partial charge in [0.25, 0.3) is 5.91 Å². The van der Waals surface area contributed by atoms with Crippen molar-refractivity contribution in [1.29, 1.82) is 0 Å². The lowest BCUT2D eigenvalue weighted by Gasteiger charge is -2.27. The maximum Gasteiger partial charge on any atom is 0.255 e. The molecule has 1 aliphatic heterocycles. The number of anilines is 2. The van der Waals surface area contributed by atoms with Gasteiger partial charge in [-0.2, -0.15) is 4.68 Å². The molecule has 1 unspecified atom stereocenters. The van der Waals surface area contributed by atoms with E-state index >= 15 is 0 Å². The average molecular weight is 351 g/mol. The summed E-state index contributed by atoms with van der Waals surface area (Å²) in [5.41, 5.74) is 2.30. The zero-order valence-corrected chi connectivity index (χ0v) is 13.7. The number of carbonyl (C=O) groups is 1. The molecule has 3 aromatic rings. The van der Waals surface area contributed by atoms with Crippen molar-refractivity contribution in [1.82, 2.24) is 25.2 Å². The van der Waals surface area contributed by atoms with E-state index in [-0.39, 0.29) is 11.7 Å². The van der Waals surface area contributed by atoms with Gasteiger partial charge in [-0.25, -0.2) is 4.39 Å². The molecule has 26 heavy (non-hydrogen) atoms. The Labute approximate surface area is 147 Å². The zero-order valence-electron chi connectivity index (χ0n) is 13.7. The van der Waals surface area contributed by atoms with Crippen molar-refractivity contribution in [2.45, 2.75) is 13.0 Å². The van der Waals surface area contributed by atoms with Crippen molar-refractivity contribution < 1.29 is 9.18 Å².